The lowest BCUT2D eigenvalue weighted by Gasteiger charge is -2.07. The Morgan fingerprint density at radius 1 is 1.67 bits per heavy atom. The Bertz CT molecular complexity index is 35.8. The Morgan fingerprint density at radius 2 is 1.83 bits per heavy atom. The highest BCUT2D eigenvalue weighted by atomic mass is 17.1. The van der Waals surface area contributed by atoms with Gasteiger partial charge in [-0.1, -0.05) is 0 Å². The van der Waals surface area contributed by atoms with Gasteiger partial charge in [-0.25, -0.2) is 0 Å². The Hall–Kier alpha value is -0.120. The number of hydrogen-bond donors (Lipinski definition) is 1. The molecule has 0 aliphatic carbocycles. The maximum absolute atomic E-state index is 9.20. The molecule has 3 heteroatoms. The predicted octanol–water partition coefficient (Wildman–Crippen LogP) is 0.0769. The van der Waals surface area contributed by atoms with Crippen LogP contribution in [0.1, 0.15) is 13.8 Å². The summed E-state index contributed by atoms with van der Waals surface area (Å²) in [6.07, 6.45) is 0. The van der Waals surface area contributed by atoms with E-state index in [1.165, 1.54) is 13.8 Å². The topological polar surface area (TPSA) is 49.4 Å². The molecule has 1 N–H and O–H groups in total. The zero-order chi connectivity index (χ0) is 5.21. The molecule has 0 atom stereocenters. The average molecular weight is 91.1 g/mol. The summed E-state index contributed by atoms with van der Waals surface area (Å²) >= 11 is 0. The molecule has 0 aromatic carbocycles. The minimum Gasteiger partial charge on any atom is -0.364 e. The van der Waals surface area contributed by atoms with E-state index in [1.807, 2.05) is 0 Å². The summed E-state index contributed by atoms with van der Waals surface area (Å²) in [5.41, 5.74) is 0. The molecule has 0 saturated carbocycles. The lowest BCUT2D eigenvalue weighted by atomic mass is 10.4. The van der Waals surface area contributed by atoms with Crippen molar-refractivity contribution in [3.05, 3.63) is 0 Å². The van der Waals surface area contributed by atoms with Crippen LogP contribution in [0.4, 0.5) is 0 Å². The Morgan fingerprint density at radius 3 is 1.83 bits per heavy atom. The first-order valence-electron chi connectivity index (χ1n) is 1.59. The highest BCUT2D eigenvalue weighted by Crippen LogP contribution is 1.97. The maximum atomic E-state index is 9.20. The van der Waals surface area contributed by atoms with Crippen LogP contribution in [0.15, 0.2) is 0 Å². The Balaban J connectivity index is 3.17. The van der Waals surface area contributed by atoms with Gasteiger partial charge in [-0.3, -0.25) is 0 Å². The van der Waals surface area contributed by atoms with Crippen molar-refractivity contribution < 1.29 is 15.3 Å². The van der Waals surface area contributed by atoms with E-state index in [9.17, 15) is 5.26 Å². The summed E-state index contributed by atoms with van der Waals surface area (Å²) in [7, 11) is 0. The predicted molar refractivity (Wildman–Crippen MR) is 18.1 cm³/mol. The van der Waals surface area contributed by atoms with Crippen molar-refractivity contribution in [2.75, 3.05) is 0 Å². The molecule has 0 amide bonds. The van der Waals surface area contributed by atoms with E-state index in [0.717, 1.165) is 0 Å². The largest absolute Gasteiger partial charge is 0.364 e. The third-order valence-corrected chi connectivity index (χ3v) is 0.204. The van der Waals surface area contributed by atoms with Crippen LogP contribution >= 0.6 is 0 Å². The van der Waals surface area contributed by atoms with Gasteiger partial charge < -0.3 is 5.11 Å². The monoisotopic (exact) mass is 91.0 g/mol. The minimum absolute atomic E-state index is 1.26. The van der Waals surface area contributed by atoms with E-state index in [-0.39, 0.29) is 0 Å². The van der Waals surface area contributed by atoms with Gasteiger partial charge in [0.1, 0.15) is 0 Å². The molecule has 0 aromatic rings. The van der Waals surface area contributed by atoms with E-state index < -0.39 is 5.79 Å². The zero-order valence-electron chi connectivity index (χ0n) is 3.76. The van der Waals surface area contributed by atoms with Gasteiger partial charge in [-0.15, -0.1) is 0 Å². The molecule has 0 bridgehead atoms. The fraction of sp³-hybridized carbons (Fsp3) is 1.00. The van der Waals surface area contributed by atoms with Crippen LogP contribution in [0.25, 0.3) is 0 Å². The van der Waals surface area contributed by atoms with E-state index >= 15 is 0 Å². The molecule has 0 heterocycles. The maximum Gasteiger partial charge on any atom is 0.196 e. The zero-order valence-corrected chi connectivity index (χ0v) is 3.76. The van der Waals surface area contributed by atoms with Gasteiger partial charge in [0.15, 0.2) is 5.79 Å². The van der Waals surface area contributed by atoms with Crippen LogP contribution < -0.4 is 0 Å². The van der Waals surface area contributed by atoms with E-state index in [0.29, 0.717) is 0 Å². The van der Waals surface area contributed by atoms with Gasteiger partial charge in [-0.2, -0.15) is 4.89 Å². The van der Waals surface area contributed by atoms with Crippen molar-refractivity contribution in [3.63, 3.8) is 0 Å². The van der Waals surface area contributed by atoms with Crippen molar-refractivity contribution in [1.29, 1.82) is 0 Å². The van der Waals surface area contributed by atoms with Gasteiger partial charge in [0.05, 0.1) is 0 Å². The van der Waals surface area contributed by atoms with Crippen molar-refractivity contribution in [2.45, 2.75) is 19.6 Å². The molecule has 0 fully saturated rings. The summed E-state index contributed by atoms with van der Waals surface area (Å²) in [5.74, 6) is -1.51. The smallest absolute Gasteiger partial charge is 0.196 e. The molecule has 6 heavy (non-hydrogen) atoms. The number of hydrogen-bond acceptors (Lipinski definition) is 2. The van der Waals surface area contributed by atoms with Crippen molar-refractivity contribution in [2.24, 2.45) is 0 Å². The van der Waals surface area contributed by atoms with Gasteiger partial charge in [-0.05, 0) is 19.1 Å². The Kier molecular flexibility index (Phi) is 1.52. The molecule has 37 valence electrons. The Labute approximate surface area is 36.1 Å². The normalized spacial score (nSPS) is 12.0. The third kappa shape index (κ3) is 3.88. The quantitative estimate of drug-likeness (QED) is 0.282. The molecule has 0 rings (SSSR count). The van der Waals surface area contributed by atoms with Crippen LogP contribution in [0.5, 0.6) is 0 Å². The molecule has 3 nitrogen and oxygen atoms in total. The highest BCUT2D eigenvalue weighted by Gasteiger charge is 2.11. The highest BCUT2D eigenvalue weighted by molar-refractivity contribution is 4.40. The molecule has 0 aliphatic heterocycles. The lowest BCUT2D eigenvalue weighted by molar-refractivity contribution is -0.419. The first kappa shape index (κ1) is 5.88. The summed E-state index contributed by atoms with van der Waals surface area (Å²) in [5, 5.41) is 17.5. The molecule has 0 saturated heterocycles. The average Bonchev–Trinajstić information content (AvgIpc) is 1.35. The van der Waals surface area contributed by atoms with E-state index in [4.69, 9.17) is 5.11 Å². The molecule has 1 radical (unpaired) electrons. The second kappa shape index (κ2) is 1.55. The first-order chi connectivity index (χ1) is 2.56. The van der Waals surface area contributed by atoms with Crippen LogP contribution in [0.2, 0.25) is 0 Å². The van der Waals surface area contributed by atoms with Crippen molar-refractivity contribution in [1.82, 2.24) is 0 Å². The van der Waals surface area contributed by atoms with Crippen LogP contribution in [0.3, 0.4) is 0 Å². The number of rotatable bonds is 1. The fourth-order valence-electron chi connectivity index (χ4n) is 0. The van der Waals surface area contributed by atoms with Gasteiger partial charge in [0.25, 0.3) is 0 Å². The summed E-state index contributed by atoms with van der Waals surface area (Å²) in [6.45, 7) is 2.53. The SMILES string of the molecule is CC(C)(O)O[O]. The van der Waals surface area contributed by atoms with Crippen LogP contribution in [-0.4, -0.2) is 10.9 Å². The first-order valence-corrected chi connectivity index (χ1v) is 1.59. The van der Waals surface area contributed by atoms with Crippen molar-refractivity contribution >= 4 is 0 Å². The van der Waals surface area contributed by atoms with E-state index in [1.54, 1.807) is 0 Å². The summed E-state index contributed by atoms with van der Waals surface area (Å²) in [6, 6.07) is 0. The number of aliphatic hydroxyl groups is 1. The molecule has 0 unspecified atom stereocenters. The van der Waals surface area contributed by atoms with Crippen molar-refractivity contribution in [3.8, 4) is 0 Å². The molecular weight excluding hydrogens is 84.0 g/mol. The van der Waals surface area contributed by atoms with Crippen LogP contribution in [-0.2, 0) is 10.1 Å². The molecule has 0 aromatic heterocycles. The lowest BCUT2D eigenvalue weighted by Crippen LogP contribution is -2.19. The molecular formula is C3H7O3. The summed E-state index contributed by atoms with van der Waals surface area (Å²) in [4.78, 5) is 3.24. The summed E-state index contributed by atoms with van der Waals surface area (Å²) < 4.78 is 0. The van der Waals surface area contributed by atoms with Gasteiger partial charge in [0.2, 0.25) is 0 Å². The minimum atomic E-state index is -1.51. The third-order valence-electron chi connectivity index (χ3n) is 0.204. The van der Waals surface area contributed by atoms with Gasteiger partial charge >= 0.3 is 0 Å². The van der Waals surface area contributed by atoms with Gasteiger partial charge in [0, 0.05) is 0 Å². The second-order valence-electron chi connectivity index (χ2n) is 1.53. The molecule has 0 aliphatic rings. The van der Waals surface area contributed by atoms with E-state index in [2.05, 4.69) is 4.89 Å². The van der Waals surface area contributed by atoms with Crippen LogP contribution in [0, 0.1) is 0 Å². The second-order valence-corrected chi connectivity index (χ2v) is 1.53. The molecule has 0 spiro atoms. The fourth-order valence-corrected chi connectivity index (χ4v) is 0. The standard InChI is InChI=1S/C3H7O3/c1-3(2,4)6-5/h4H,1-2H3.